The Kier molecular flexibility index (Phi) is 6.71. The molecule has 0 aliphatic heterocycles. The van der Waals surface area contributed by atoms with Gasteiger partial charge in [-0.15, -0.1) is 0 Å². The second-order valence-electron chi connectivity index (χ2n) is 7.66. The van der Waals surface area contributed by atoms with Crippen LogP contribution in [0.2, 0.25) is 5.02 Å². The number of halogens is 1. The van der Waals surface area contributed by atoms with Crippen LogP contribution in [0.1, 0.15) is 28.3 Å². The first kappa shape index (κ1) is 21.8. The van der Waals surface area contributed by atoms with Gasteiger partial charge in [0.2, 0.25) is 0 Å². The summed E-state index contributed by atoms with van der Waals surface area (Å²) in [6, 6.07) is 19.0. The molecule has 1 amide bonds. The molecule has 4 rings (SSSR count). The van der Waals surface area contributed by atoms with Gasteiger partial charge in [-0.1, -0.05) is 29.8 Å². The highest BCUT2D eigenvalue weighted by Crippen LogP contribution is 2.22. The van der Waals surface area contributed by atoms with Crippen LogP contribution in [-0.2, 0) is 13.1 Å². The molecule has 0 radical (unpaired) electrons. The maximum Gasteiger partial charge on any atom is 0.272 e. The van der Waals surface area contributed by atoms with Crippen molar-refractivity contribution in [1.82, 2.24) is 19.4 Å². The van der Waals surface area contributed by atoms with Crippen LogP contribution >= 0.6 is 11.6 Å². The van der Waals surface area contributed by atoms with Gasteiger partial charge in [0.05, 0.1) is 24.2 Å². The van der Waals surface area contributed by atoms with Crippen LogP contribution in [0.4, 0.5) is 0 Å². The number of benzene rings is 2. The van der Waals surface area contributed by atoms with Crippen molar-refractivity contribution in [3.8, 4) is 5.75 Å². The SMILES string of the molecule is Cc1cc(OCCCn2c(CN(C)C(=O)c3ccccn3)nc3ccccc32)ccc1Cl. The number of hydrogen-bond acceptors (Lipinski definition) is 4. The lowest BCUT2D eigenvalue weighted by Gasteiger charge is -2.18. The average Bonchev–Trinajstić information content (AvgIpc) is 3.16. The minimum Gasteiger partial charge on any atom is -0.494 e. The van der Waals surface area contributed by atoms with E-state index in [1.807, 2.05) is 49.4 Å². The zero-order valence-corrected chi connectivity index (χ0v) is 18.9. The molecular weight excluding hydrogens is 424 g/mol. The van der Waals surface area contributed by atoms with E-state index in [0.717, 1.165) is 46.2 Å². The summed E-state index contributed by atoms with van der Waals surface area (Å²) >= 11 is 6.09. The van der Waals surface area contributed by atoms with Crippen molar-refractivity contribution >= 4 is 28.5 Å². The van der Waals surface area contributed by atoms with E-state index in [9.17, 15) is 4.79 Å². The molecule has 2 heterocycles. The fraction of sp³-hybridized carbons (Fsp3) is 0.240. The molecule has 0 aliphatic carbocycles. The topological polar surface area (TPSA) is 60.2 Å². The smallest absolute Gasteiger partial charge is 0.272 e. The van der Waals surface area contributed by atoms with Gasteiger partial charge in [0.25, 0.3) is 5.91 Å². The number of fused-ring (bicyclic) bond motifs is 1. The second-order valence-corrected chi connectivity index (χ2v) is 8.06. The number of rotatable bonds is 8. The normalized spacial score (nSPS) is 11.0. The standard InChI is InChI=1S/C25H25ClN4O2/c1-18-16-19(11-12-20(18)26)32-15-7-14-30-23-10-4-3-8-21(23)28-24(30)17-29(2)25(31)22-9-5-6-13-27-22/h3-6,8-13,16H,7,14-15,17H2,1-2H3. The van der Waals surface area contributed by atoms with Gasteiger partial charge in [-0.2, -0.15) is 0 Å². The maximum atomic E-state index is 12.7. The summed E-state index contributed by atoms with van der Waals surface area (Å²) in [7, 11) is 1.77. The number of imidazole rings is 1. The number of carbonyl (C=O) groups excluding carboxylic acids is 1. The zero-order chi connectivity index (χ0) is 22.5. The Morgan fingerprint density at radius 2 is 1.94 bits per heavy atom. The van der Waals surface area contributed by atoms with E-state index in [0.29, 0.717) is 18.8 Å². The Balaban J connectivity index is 1.46. The fourth-order valence-corrected chi connectivity index (χ4v) is 3.70. The number of para-hydroxylation sites is 2. The van der Waals surface area contributed by atoms with Crippen molar-refractivity contribution in [3.05, 3.63) is 89.0 Å². The van der Waals surface area contributed by atoms with Crippen molar-refractivity contribution < 1.29 is 9.53 Å². The molecule has 32 heavy (non-hydrogen) atoms. The van der Waals surface area contributed by atoms with Crippen LogP contribution in [0.25, 0.3) is 11.0 Å². The highest BCUT2D eigenvalue weighted by Gasteiger charge is 2.17. The highest BCUT2D eigenvalue weighted by atomic mass is 35.5. The van der Waals surface area contributed by atoms with E-state index < -0.39 is 0 Å². The molecule has 6 nitrogen and oxygen atoms in total. The first-order chi connectivity index (χ1) is 15.5. The van der Waals surface area contributed by atoms with E-state index >= 15 is 0 Å². The predicted octanol–water partition coefficient (Wildman–Crippen LogP) is 5.13. The van der Waals surface area contributed by atoms with E-state index in [1.54, 1.807) is 30.3 Å². The Morgan fingerprint density at radius 3 is 2.72 bits per heavy atom. The number of nitrogens with zero attached hydrogens (tertiary/aromatic N) is 4. The monoisotopic (exact) mass is 448 g/mol. The summed E-state index contributed by atoms with van der Waals surface area (Å²) < 4.78 is 8.06. The molecule has 0 aliphatic rings. The largest absolute Gasteiger partial charge is 0.494 e. The third kappa shape index (κ3) is 4.92. The van der Waals surface area contributed by atoms with Gasteiger partial charge in [-0.05, 0) is 61.4 Å². The summed E-state index contributed by atoms with van der Waals surface area (Å²) in [6.45, 7) is 3.65. The number of pyridine rings is 1. The molecule has 0 saturated carbocycles. The molecule has 0 spiro atoms. The van der Waals surface area contributed by atoms with Gasteiger partial charge in [0.1, 0.15) is 17.3 Å². The maximum absolute atomic E-state index is 12.7. The van der Waals surface area contributed by atoms with Crippen molar-refractivity contribution in [3.63, 3.8) is 0 Å². The Hall–Kier alpha value is -3.38. The number of hydrogen-bond donors (Lipinski definition) is 0. The van der Waals surface area contributed by atoms with Crippen molar-refractivity contribution in [2.45, 2.75) is 26.4 Å². The summed E-state index contributed by atoms with van der Waals surface area (Å²) in [6.07, 6.45) is 2.42. The summed E-state index contributed by atoms with van der Waals surface area (Å²) in [5.74, 6) is 1.51. The van der Waals surface area contributed by atoms with Gasteiger partial charge in [-0.25, -0.2) is 4.98 Å². The van der Waals surface area contributed by atoms with E-state index in [1.165, 1.54) is 0 Å². The molecule has 4 aromatic rings. The van der Waals surface area contributed by atoms with Crippen molar-refractivity contribution in [1.29, 1.82) is 0 Å². The van der Waals surface area contributed by atoms with Crippen LogP contribution in [0.15, 0.2) is 66.9 Å². The van der Waals surface area contributed by atoms with Gasteiger partial charge < -0.3 is 14.2 Å². The number of ether oxygens (including phenoxy) is 1. The van der Waals surface area contributed by atoms with Crippen molar-refractivity contribution in [2.75, 3.05) is 13.7 Å². The van der Waals surface area contributed by atoms with E-state index in [2.05, 4.69) is 15.6 Å². The number of amides is 1. The molecule has 2 aromatic carbocycles. The highest BCUT2D eigenvalue weighted by molar-refractivity contribution is 6.31. The molecule has 164 valence electrons. The van der Waals surface area contributed by atoms with Crippen LogP contribution in [0.5, 0.6) is 5.75 Å². The zero-order valence-electron chi connectivity index (χ0n) is 18.2. The summed E-state index contributed by atoms with van der Waals surface area (Å²) in [4.78, 5) is 23.3. The third-order valence-corrected chi connectivity index (χ3v) is 5.69. The Morgan fingerprint density at radius 1 is 1.12 bits per heavy atom. The van der Waals surface area contributed by atoms with E-state index in [-0.39, 0.29) is 5.91 Å². The van der Waals surface area contributed by atoms with E-state index in [4.69, 9.17) is 21.3 Å². The Bertz CT molecular complexity index is 1220. The van der Waals surface area contributed by atoms with Crippen molar-refractivity contribution in [2.24, 2.45) is 0 Å². The van der Waals surface area contributed by atoms with Gasteiger partial charge in [0, 0.05) is 24.8 Å². The fourth-order valence-electron chi connectivity index (χ4n) is 3.58. The molecule has 7 heteroatoms. The molecule has 0 bridgehead atoms. The molecule has 0 unspecified atom stereocenters. The van der Waals surface area contributed by atoms with Gasteiger partial charge in [-0.3, -0.25) is 9.78 Å². The molecule has 0 N–H and O–H groups in total. The quantitative estimate of drug-likeness (QED) is 0.350. The second kappa shape index (κ2) is 9.83. The number of aromatic nitrogens is 3. The molecular formula is C25H25ClN4O2. The molecule has 0 atom stereocenters. The predicted molar refractivity (Wildman–Crippen MR) is 126 cm³/mol. The molecule has 0 saturated heterocycles. The van der Waals surface area contributed by atoms with Gasteiger partial charge >= 0.3 is 0 Å². The average molecular weight is 449 g/mol. The van der Waals surface area contributed by atoms with Crippen LogP contribution in [0, 0.1) is 6.92 Å². The third-order valence-electron chi connectivity index (χ3n) is 5.27. The first-order valence-corrected chi connectivity index (χ1v) is 10.9. The van der Waals surface area contributed by atoms with Gasteiger partial charge in [0.15, 0.2) is 0 Å². The minimum absolute atomic E-state index is 0.134. The number of carbonyl (C=O) groups is 1. The van der Waals surface area contributed by atoms with Crippen LogP contribution in [-0.4, -0.2) is 39.0 Å². The Labute approximate surface area is 192 Å². The lowest BCUT2D eigenvalue weighted by molar-refractivity contribution is 0.0774. The molecule has 0 fully saturated rings. The summed E-state index contributed by atoms with van der Waals surface area (Å²) in [5.41, 5.74) is 3.37. The van der Waals surface area contributed by atoms with Crippen LogP contribution in [0.3, 0.4) is 0 Å². The lowest BCUT2D eigenvalue weighted by Crippen LogP contribution is -2.28. The minimum atomic E-state index is -0.134. The lowest BCUT2D eigenvalue weighted by atomic mass is 10.2. The first-order valence-electron chi connectivity index (χ1n) is 10.5. The summed E-state index contributed by atoms with van der Waals surface area (Å²) in [5, 5.41) is 0.733. The molecule has 2 aromatic heterocycles. The number of aryl methyl sites for hydroxylation is 2. The van der Waals surface area contributed by atoms with Crippen LogP contribution < -0.4 is 4.74 Å².